The highest BCUT2D eigenvalue weighted by Crippen LogP contribution is 2.21. The Balaban J connectivity index is 0.000000479. The van der Waals surface area contributed by atoms with Gasteiger partial charge in [0.2, 0.25) is 0 Å². The molecule has 0 fully saturated rings. The fourth-order valence-electron chi connectivity index (χ4n) is 1.80. The molecule has 0 saturated heterocycles. The molecule has 172 valence electrons. The number of halogens is 1. The summed E-state index contributed by atoms with van der Waals surface area (Å²) in [7, 11) is 3.27. The van der Waals surface area contributed by atoms with Crippen LogP contribution < -0.4 is 9.47 Å². The molecule has 0 atom stereocenters. The van der Waals surface area contributed by atoms with Crippen LogP contribution in [0.2, 0.25) is 0 Å². The van der Waals surface area contributed by atoms with Crippen LogP contribution in [0.15, 0.2) is 58.3 Å². The van der Waals surface area contributed by atoms with Gasteiger partial charge in [0, 0.05) is 9.79 Å². The number of carbonyl (C=O) groups is 2. The third-order valence-electron chi connectivity index (χ3n) is 3.21. The van der Waals surface area contributed by atoms with Crippen molar-refractivity contribution >= 4 is 47.9 Å². The van der Waals surface area contributed by atoms with Crippen LogP contribution in [0.5, 0.6) is 11.5 Å². The normalized spacial score (nSPS) is 9.23. The molecule has 0 amide bonds. The number of alkyl halides is 1. The van der Waals surface area contributed by atoms with Gasteiger partial charge in [-0.3, -0.25) is 9.59 Å². The maximum atomic E-state index is 11.1. The number of hydrogen-bond acceptors (Lipinski definition) is 8. The molecule has 0 unspecified atom stereocenters. The smallest absolute Gasteiger partial charge is 0.320 e. The minimum atomic E-state index is -0.357. The predicted molar refractivity (Wildman–Crippen MR) is 128 cm³/mol. The number of ether oxygens (including phenoxy) is 4. The van der Waals surface area contributed by atoms with Crippen molar-refractivity contribution in [3.8, 4) is 11.5 Å². The summed E-state index contributed by atoms with van der Waals surface area (Å²) in [6.07, 6.45) is 0. The van der Waals surface area contributed by atoms with Crippen LogP contribution in [0.4, 0.5) is 0 Å². The molecule has 2 rings (SSSR count). The van der Waals surface area contributed by atoms with E-state index in [1.165, 1.54) is 11.8 Å². The van der Waals surface area contributed by atoms with Crippen LogP contribution in [-0.4, -0.2) is 51.0 Å². The van der Waals surface area contributed by atoms with Gasteiger partial charge in [0.1, 0.15) is 17.4 Å². The van der Waals surface area contributed by atoms with E-state index in [0.29, 0.717) is 19.0 Å². The SMILES string of the molecule is CCOC(=O)CCl.CCOC(=O)CSc1ccc(OC)cc1.COc1ccc(S)cc1. The largest absolute Gasteiger partial charge is 0.497 e. The quantitative estimate of drug-likeness (QED) is 0.239. The zero-order chi connectivity index (χ0) is 23.5. The summed E-state index contributed by atoms with van der Waals surface area (Å²) in [6, 6.07) is 15.1. The van der Waals surface area contributed by atoms with Gasteiger partial charge in [-0.2, -0.15) is 0 Å². The first-order valence-corrected chi connectivity index (χ1v) is 11.3. The van der Waals surface area contributed by atoms with E-state index >= 15 is 0 Å². The third kappa shape index (κ3) is 15.4. The Hall–Kier alpha value is -2.03. The molecular weight excluding hydrogens is 460 g/mol. The minimum absolute atomic E-state index is 0.0478. The topological polar surface area (TPSA) is 71.1 Å². The van der Waals surface area contributed by atoms with Crippen molar-refractivity contribution in [2.45, 2.75) is 23.6 Å². The summed E-state index contributed by atoms with van der Waals surface area (Å²) in [5.74, 6) is 1.44. The number of hydrogen-bond donors (Lipinski definition) is 1. The van der Waals surface area contributed by atoms with Crippen molar-refractivity contribution in [3.05, 3.63) is 48.5 Å². The molecule has 0 aliphatic rings. The van der Waals surface area contributed by atoms with Crippen molar-refractivity contribution in [3.63, 3.8) is 0 Å². The van der Waals surface area contributed by atoms with Crippen LogP contribution in [0.1, 0.15) is 13.8 Å². The van der Waals surface area contributed by atoms with Crippen molar-refractivity contribution in [1.82, 2.24) is 0 Å². The molecule has 9 heteroatoms. The Morgan fingerprint density at radius 1 is 0.839 bits per heavy atom. The number of thiol groups is 1. The fourth-order valence-corrected chi connectivity index (χ4v) is 2.72. The van der Waals surface area contributed by atoms with Crippen LogP contribution in [-0.2, 0) is 19.1 Å². The summed E-state index contributed by atoms with van der Waals surface area (Å²) >= 11 is 10.6. The van der Waals surface area contributed by atoms with Crippen LogP contribution in [0, 0.1) is 0 Å². The van der Waals surface area contributed by atoms with Crippen LogP contribution >= 0.6 is 36.0 Å². The molecule has 0 saturated carbocycles. The monoisotopic (exact) mass is 488 g/mol. The predicted octanol–water partition coefficient (Wildman–Crippen LogP) is 5.12. The molecule has 0 aliphatic carbocycles. The highest BCUT2D eigenvalue weighted by Gasteiger charge is 2.02. The van der Waals surface area contributed by atoms with Crippen molar-refractivity contribution < 1.29 is 28.5 Å². The van der Waals surface area contributed by atoms with Gasteiger partial charge in [0.25, 0.3) is 0 Å². The summed E-state index contributed by atoms with van der Waals surface area (Å²) in [6.45, 7) is 4.38. The lowest BCUT2D eigenvalue weighted by Gasteiger charge is -2.03. The minimum Gasteiger partial charge on any atom is -0.497 e. The fraction of sp³-hybridized carbons (Fsp3) is 0.364. The molecular formula is C22H29ClO6S2. The first kappa shape index (κ1) is 29.0. The number of thioether (sulfide) groups is 1. The van der Waals surface area contributed by atoms with Gasteiger partial charge in [0.05, 0.1) is 33.2 Å². The molecule has 0 spiro atoms. The van der Waals surface area contributed by atoms with E-state index < -0.39 is 0 Å². The van der Waals surface area contributed by atoms with E-state index in [-0.39, 0.29) is 17.8 Å². The van der Waals surface area contributed by atoms with Crippen molar-refractivity contribution in [2.75, 3.05) is 39.1 Å². The molecule has 0 bridgehead atoms. The Kier molecular flexibility index (Phi) is 17.5. The van der Waals surface area contributed by atoms with Gasteiger partial charge in [-0.05, 0) is 62.4 Å². The average Bonchev–Trinajstić information content (AvgIpc) is 2.80. The first-order valence-electron chi connectivity index (χ1n) is 9.37. The average molecular weight is 489 g/mol. The highest BCUT2D eigenvalue weighted by molar-refractivity contribution is 8.00. The van der Waals surface area contributed by atoms with Crippen LogP contribution in [0.25, 0.3) is 0 Å². The van der Waals surface area contributed by atoms with Gasteiger partial charge >= 0.3 is 11.9 Å². The van der Waals surface area contributed by atoms with E-state index in [9.17, 15) is 9.59 Å². The Morgan fingerprint density at radius 2 is 1.29 bits per heavy atom. The Bertz CT molecular complexity index is 739. The van der Waals surface area contributed by atoms with Crippen LogP contribution in [0.3, 0.4) is 0 Å². The third-order valence-corrected chi connectivity index (χ3v) is 4.71. The van der Waals surface area contributed by atoms with Crippen molar-refractivity contribution in [2.24, 2.45) is 0 Å². The summed E-state index contributed by atoms with van der Waals surface area (Å²) in [5, 5.41) is 0. The van der Waals surface area contributed by atoms with E-state index in [4.69, 9.17) is 25.8 Å². The maximum Gasteiger partial charge on any atom is 0.320 e. The lowest BCUT2D eigenvalue weighted by molar-refractivity contribution is -0.140. The maximum absolute atomic E-state index is 11.1. The van der Waals surface area contributed by atoms with Gasteiger partial charge < -0.3 is 18.9 Å². The standard InChI is InChI=1S/C11H14O3S.C7H8OS.C4H7ClO2/c1-3-14-11(12)8-15-10-6-4-9(13-2)5-7-10;1-8-6-2-4-7(9)5-3-6;1-2-7-4(6)3-5/h4-7H,3,8H2,1-2H3;2-5,9H,1H3;2-3H2,1H3. The number of methoxy groups -OCH3 is 2. The number of carbonyl (C=O) groups excluding carboxylic acids is 2. The second-order valence-electron chi connectivity index (χ2n) is 5.41. The molecule has 6 nitrogen and oxygen atoms in total. The first-order chi connectivity index (χ1) is 14.9. The molecule has 2 aromatic rings. The lowest BCUT2D eigenvalue weighted by atomic mass is 10.3. The Morgan fingerprint density at radius 3 is 1.68 bits per heavy atom. The molecule has 0 radical (unpaired) electrons. The number of benzene rings is 2. The van der Waals surface area contributed by atoms with Gasteiger partial charge in [0.15, 0.2) is 0 Å². The van der Waals surface area contributed by atoms with Crippen molar-refractivity contribution in [1.29, 1.82) is 0 Å². The number of rotatable bonds is 8. The number of esters is 2. The van der Waals surface area contributed by atoms with Gasteiger partial charge in [-0.15, -0.1) is 36.0 Å². The molecule has 0 aliphatic heterocycles. The summed E-state index contributed by atoms with van der Waals surface area (Å²) in [4.78, 5) is 23.1. The Labute approximate surface area is 199 Å². The molecule has 0 aromatic heterocycles. The molecule has 0 heterocycles. The molecule has 2 aromatic carbocycles. The van der Waals surface area contributed by atoms with E-state index in [1.54, 1.807) is 28.1 Å². The molecule has 31 heavy (non-hydrogen) atoms. The summed E-state index contributed by atoms with van der Waals surface area (Å²) < 4.78 is 19.2. The highest BCUT2D eigenvalue weighted by atomic mass is 35.5. The van der Waals surface area contributed by atoms with Gasteiger partial charge in [-0.1, -0.05) is 0 Å². The van der Waals surface area contributed by atoms with E-state index in [0.717, 1.165) is 21.3 Å². The second-order valence-corrected chi connectivity index (χ2v) is 7.24. The lowest BCUT2D eigenvalue weighted by Crippen LogP contribution is -2.06. The van der Waals surface area contributed by atoms with E-state index in [2.05, 4.69) is 17.4 Å². The zero-order valence-electron chi connectivity index (χ0n) is 18.1. The zero-order valence-corrected chi connectivity index (χ0v) is 20.6. The van der Waals surface area contributed by atoms with E-state index in [1.807, 2.05) is 48.5 Å². The van der Waals surface area contributed by atoms with Gasteiger partial charge in [-0.25, -0.2) is 0 Å². The summed E-state index contributed by atoms with van der Waals surface area (Å²) in [5.41, 5.74) is 0. The molecule has 0 N–H and O–H groups in total. The second kappa shape index (κ2) is 18.7.